The van der Waals surface area contributed by atoms with Crippen LogP contribution >= 0.6 is 0 Å². The highest BCUT2D eigenvalue weighted by atomic mass is 32.2. The third-order valence-corrected chi connectivity index (χ3v) is 4.01. The number of nitrogens with one attached hydrogen (secondary N) is 1. The van der Waals surface area contributed by atoms with Crippen LogP contribution in [-0.4, -0.2) is 26.2 Å². The summed E-state index contributed by atoms with van der Waals surface area (Å²) in [5.41, 5.74) is 0. The molecule has 1 rings (SSSR count). The van der Waals surface area contributed by atoms with Gasteiger partial charge in [0.1, 0.15) is 4.90 Å². The van der Waals surface area contributed by atoms with Gasteiger partial charge < -0.3 is 5.11 Å². The molecule has 0 bridgehead atoms. The molecule has 0 aromatic heterocycles. The zero-order chi connectivity index (χ0) is 14.6. The standard InChI is InChI=1S/C12H17F2NO3S/c1-8(6-9(2)16)7-15-19(17,18)11-5-3-4-10(13)12(11)14/h3-5,8-9,15-16H,6-7H2,1-2H3. The maximum Gasteiger partial charge on any atom is 0.243 e. The number of rotatable bonds is 6. The van der Waals surface area contributed by atoms with Crippen molar-refractivity contribution in [3.05, 3.63) is 29.8 Å². The summed E-state index contributed by atoms with van der Waals surface area (Å²) in [6.07, 6.45) is -0.140. The smallest absolute Gasteiger partial charge is 0.243 e. The van der Waals surface area contributed by atoms with Crippen molar-refractivity contribution in [2.24, 2.45) is 5.92 Å². The fourth-order valence-electron chi connectivity index (χ4n) is 1.69. The topological polar surface area (TPSA) is 66.4 Å². The Balaban J connectivity index is 2.79. The molecular formula is C12H17F2NO3S. The molecule has 1 aromatic rings. The molecule has 7 heteroatoms. The lowest BCUT2D eigenvalue weighted by Crippen LogP contribution is -2.30. The Morgan fingerprint density at radius 2 is 1.95 bits per heavy atom. The summed E-state index contributed by atoms with van der Waals surface area (Å²) in [6, 6.07) is 2.98. The predicted octanol–water partition coefficient (Wildman–Crippen LogP) is 1.65. The summed E-state index contributed by atoms with van der Waals surface area (Å²) >= 11 is 0. The van der Waals surface area contributed by atoms with Crippen molar-refractivity contribution in [2.75, 3.05) is 6.54 Å². The molecular weight excluding hydrogens is 276 g/mol. The lowest BCUT2D eigenvalue weighted by molar-refractivity contribution is 0.165. The molecule has 0 aliphatic carbocycles. The van der Waals surface area contributed by atoms with E-state index in [4.69, 9.17) is 5.11 Å². The second kappa shape index (κ2) is 6.40. The molecule has 0 fully saturated rings. The van der Waals surface area contributed by atoms with Crippen LogP contribution < -0.4 is 4.72 Å². The van der Waals surface area contributed by atoms with Gasteiger partial charge in [0.05, 0.1) is 6.10 Å². The molecule has 4 nitrogen and oxygen atoms in total. The summed E-state index contributed by atoms with van der Waals surface area (Å²) in [4.78, 5) is -0.711. The molecule has 0 saturated carbocycles. The number of sulfonamides is 1. The van der Waals surface area contributed by atoms with Gasteiger partial charge in [-0.2, -0.15) is 0 Å². The van der Waals surface area contributed by atoms with Gasteiger partial charge in [0.2, 0.25) is 10.0 Å². The fraction of sp³-hybridized carbons (Fsp3) is 0.500. The van der Waals surface area contributed by atoms with Gasteiger partial charge in [-0.3, -0.25) is 0 Å². The van der Waals surface area contributed by atoms with Gasteiger partial charge in [0.15, 0.2) is 11.6 Å². The Labute approximate surface area is 111 Å². The lowest BCUT2D eigenvalue weighted by Gasteiger charge is -2.14. The number of benzene rings is 1. The third-order valence-electron chi connectivity index (χ3n) is 2.57. The number of aliphatic hydroxyl groups excluding tert-OH is 1. The number of hydrogen-bond acceptors (Lipinski definition) is 3. The van der Waals surface area contributed by atoms with E-state index in [0.717, 1.165) is 18.2 Å². The summed E-state index contributed by atoms with van der Waals surface area (Å²) in [6.45, 7) is 3.39. The average Bonchev–Trinajstić information content (AvgIpc) is 2.29. The normalized spacial score (nSPS) is 15.2. The SMILES string of the molecule is CC(O)CC(C)CNS(=O)(=O)c1cccc(F)c1F. The van der Waals surface area contributed by atoms with E-state index in [1.807, 2.05) is 0 Å². The van der Waals surface area contributed by atoms with Crippen molar-refractivity contribution in [1.82, 2.24) is 4.72 Å². The first kappa shape index (κ1) is 16.0. The minimum absolute atomic E-state index is 0.0448. The van der Waals surface area contributed by atoms with E-state index in [9.17, 15) is 17.2 Å². The molecule has 2 N–H and O–H groups in total. The summed E-state index contributed by atoms with van der Waals surface area (Å²) in [5.74, 6) is -2.72. The number of hydrogen-bond donors (Lipinski definition) is 2. The molecule has 0 heterocycles. The second-order valence-corrected chi connectivity index (χ2v) is 6.33. The van der Waals surface area contributed by atoms with Crippen molar-refractivity contribution >= 4 is 10.0 Å². The van der Waals surface area contributed by atoms with E-state index in [2.05, 4.69) is 4.72 Å². The molecule has 0 radical (unpaired) electrons. The van der Waals surface area contributed by atoms with E-state index in [-0.39, 0.29) is 12.5 Å². The van der Waals surface area contributed by atoms with Crippen LogP contribution in [0.1, 0.15) is 20.3 Å². The molecule has 2 atom stereocenters. The van der Waals surface area contributed by atoms with Gasteiger partial charge in [-0.1, -0.05) is 13.0 Å². The third kappa shape index (κ3) is 4.52. The van der Waals surface area contributed by atoms with Crippen LogP contribution in [0, 0.1) is 17.6 Å². The lowest BCUT2D eigenvalue weighted by atomic mass is 10.1. The molecule has 2 unspecified atom stereocenters. The van der Waals surface area contributed by atoms with E-state index in [0.29, 0.717) is 6.42 Å². The van der Waals surface area contributed by atoms with Crippen LogP contribution in [-0.2, 0) is 10.0 Å². The Bertz CT molecular complexity index is 532. The zero-order valence-electron chi connectivity index (χ0n) is 10.7. The Hall–Kier alpha value is -1.05. The van der Waals surface area contributed by atoms with Gasteiger partial charge in [0, 0.05) is 6.54 Å². The maximum atomic E-state index is 13.4. The summed E-state index contributed by atoms with van der Waals surface area (Å²) < 4.78 is 52.2. The van der Waals surface area contributed by atoms with Crippen LogP contribution in [0.25, 0.3) is 0 Å². The molecule has 0 aliphatic rings. The van der Waals surface area contributed by atoms with E-state index >= 15 is 0 Å². The first-order valence-electron chi connectivity index (χ1n) is 5.85. The van der Waals surface area contributed by atoms with Gasteiger partial charge in [-0.05, 0) is 31.4 Å². The molecule has 0 spiro atoms. The predicted molar refractivity (Wildman–Crippen MR) is 67.0 cm³/mol. The van der Waals surface area contributed by atoms with Gasteiger partial charge >= 0.3 is 0 Å². The molecule has 1 aromatic carbocycles. The highest BCUT2D eigenvalue weighted by Gasteiger charge is 2.21. The van der Waals surface area contributed by atoms with Crippen LogP contribution in [0.4, 0.5) is 8.78 Å². The largest absolute Gasteiger partial charge is 0.393 e. The molecule has 0 amide bonds. The highest BCUT2D eigenvalue weighted by Crippen LogP contribution is 2.17. The van der Waals surface area contributed by atoms with E-state index < -0.39 is 32.7 Å². The first-order valence-corrected chi connectivity index (χ1v) is 7.34. The number of aliphatic hydroxyl groups is 1. The monoisotopic (exact) mass is 293 g/mol. The quantitative estimate of drug-likeness (QED) is 0.838. The molecule has 0 saturated heterocycles. The average molecular weight is 293 g/mol. The van der Waals surface area contributed by atoms with Crippen molar-refractivity contribution in [2.45, 2.75) is 31.3 Å². The molecule has 19 heavy (non-hydrogen) atoms. The van der Waals surface area contributed by atoms with Crippen molar-refractivity contribution < 1.29 is 22.3 Å². The van der Waals surface area contributed by atoms with E-state index in [1.165, 1.54) is 0 Å². The Morgan fingerprint density at radius 1 is 1.32 bits per heavy atom. The molecule has 108 valence electrons. The van der Waals surface area contributed by atoms with E-state index in [1.54, 1.807) is 13.8 Å². The molecule has 0 aliphatic heterocycles. The maximum absolute atomic E-state index is 13.4. The minimum Gasteiger partial charge on any atom is -0.393 e. The van der Waals surface area contributed by atoms with Crippen LogP contribution in [0.3, 0.4) is 0 Å². The summed E-state index contributed by atoms with van der Waals surface area (Å²) in [5, 5.41) is 9.16. The minimum atomic E-state index is -4.09. The van der Waals surface area contributed by atoms with Crippen molar-refractivity contribution in [3.63, 3.8) is 0 Å². The summed E-state index contributed by atoms with van der Waals surface area (Å²) in [7, 11) is -4.09. The van der Waals surface area contributed by atoms with Gasteiger partial charge in [-0.15, -0.1) is 0 Å². The highest BCUT2D eigenvalue weighted by molar-refractivity contribution is 7.89. The second-order valence-electron chi connectivity index (χ2n) is 4.59. The van der Waals surface area contributed by atoms with Gasteiger partial charge in [-0.25, -0.2) is 21.9 Å². The van der Waals surface area contributed by atoms with Crippen LogP contribution in [0.15, 0.2) is 23.1 Å². The first-order chi connectivity index (χ1) is 8.74. The van der Waals surface area contributed by atoms with Crippen LogP contribution in [0.5, 0.6) is 0 Å². The fourth-order valence-corrected chi connectivity index (χ4v) is 2.94. The Kier molecular flexibility index (Phi) is 5.39. The van der Waals surface area contributed by atoms with Crippen LogP contribution in [0.2, 0.25) is 0 Å². The zero-order valence-corrected chi connectivity index (χ0v) is 11.5. The van der Waals surface area contributed by atoms with Gasteiger partial charge in [0.25, 0.3) is 0 Å². The van der Waals surface area contributed by atoms with Crippen molar-refractivity contribution in [3.8, 4) is 0 Å². The van der Waals surface area contributed by atoms with Crippen molar-refractivity contribution in [1.29, 1.82) is 0 Å². The number of halogens is 2. The Morgan fingerprint density at radius 3 is 2.53 bits per heavy atom.